The van der Waals surface area contributed by atoms with Gasteiger partial charge in [-0.05, 0) is 36.4 Å². The predicted octanol–water partition coefficient (Wildman–Crippen LogP) is 1.49. The lowest BCUT2D eigenvalue weighted by Crippen LogP contribution is -2.62. The molecule has 2 aromatic carbocycles. The maximum atomic E-state index is 14.8. The Morgan fingerprint density at radius 3 is 2.35 bits per heavy atom. The maximum absolute atomic E-state index is 14.8. The lowest BCUT2D eigenvalue weighted by molar-refractivity contribution is -0.134. The number of morpholine rings is 1. The van der Waals surface area contributed by atoms with E-state index in [1.807, 2.05) is 4.90 Å². The molecule has 12 nitrogen and oxygen atoms in total. The van der Waals surface area contributed by atoms with Crippen LogP contribution in [0.4, 0.5) is 13.6 Å². The molecule has 2 aromatic rings. The lowest BCUT2D eigenvalue weighted by atomic mass is 10.2. The number of hydroxylamine groups is 1. The Hall–Kier alpha value is -3.21. The molecule has 16 heteroatoms. The molecule has 0 aromatic heterocycles. The molecule has 0 radical (unpaired) electrons. The second kappa shape index (κ2) is 13.4. The van der Waals surface area contributed by atoms with Crippen LogP contribution in [-0.4, -0.2) is 99.9 Å². The number of hydrogen-bond donors (Lipinski definition) is 3. The number of carbonyl (C=O) groups is 3. The second-order valence-electron chi connectivity index (χ2n) is 8.84. The average Bonchev–Trinajstić information content (AvgIpc) is 2.95. The zero-order valence-corrected chi connectivity index (χ0v) is 22.6. The van der Waals surface area contributed by atoms with Crippen molar-refractivity contribution in [3.8, 4) is 11.5 Å². The molecule has 3 N–H and O–H groups in total. The van der Waals surface area contributed by atoms with E-state index in [1.165, 1.54) is 29.7 Å². The van der Waals surface area contributed by atoms with E-state index >= 15 is 0 Å². The molecule has 0 saturated carbocycles. The normalized spacial score (nSPS) is 19.1. The zero-order chi connectivity index (χ0) is 28.8. The van der Waals surface area contributed by atoms with Gasteiger partial charge in [0.15, 0.2) is 17.4 Å². The van der Waals surface area contributed by atoms with E-state index in [-0.39, 0.29) is 36.8 Å². The van der Waals surface area contributed by atoms with Crippen LogP contribution in [0.2, 0.25) is 5.02 Å². The van der Waals surface area contributed by atoms with Gasteiger partial charge in [-0.1, -0.05) is 11.6 Å². The zero-order valence-electron chi connectivity index (χ0n) is 21.0. The highest BCUT2D eigenvalue weighted by atomic mass is 35.5. The number of urea groups is 1. The number of ether oxygens (including phenoxy) is 2. The summed E-state index contributed by atoms with van der Waals surface area (Å²) >= 11 is 5.80. The number of hydrogen-bond acceptors (Lipinski definition) is 8. The van der Waals surface area contributed by atoms with Crippen molar-refractivity contribution in [1.29, 1.82) is 0 Å². The topological polar surface area (TPSA) is 141 Å². The molecule has 2 heterocycles. The van der Waals surface area contributed by atoms with Crippen molar-refractivity contribution in [1.82, 2.24) is 24.9 Å². The van der Waals surface area contributed by atoms with Crippen LogP contribution in [0.25, 0.3) is 0 Å². The first-order valence-corrected chi connectivity index (χ1v) is 13.6. The van der Waals surface area contributed by atoms with Gasteiger partial charge in [0.05, 0.1) is 24.7 Å². The summed E-state index contributed by atoms with van der Waals surface area (Å²) in [4.78, 5) is 40.1. The van der Waals surface area contributed by atoms with E-state index < -0.39 is 52.3 Å². The first kappa shape index (κ1) is 29.8. The molecule has 1 unspecified atom stereocenters. The fourth-order valence-corrected chi connectivity index (χ4v) is 5.57. The molecular weight excluding hydrogens is 576 g/mol. The number of imide groups is 1. The summed E-state index contributed by atoms with van der Waals surface area (Å²) in [5, 5.41) is 11.9. The van der Waals surface area contributed by atoms with Crippen molar-refractivity contribution in [3.63, 3.8) is 0 Å². The number of halogens is 3. The van der Waals surface area contributed by atoms with Gasteiger partial charge >= 0.3 is 6.03 Å². The minimum absolute atomic E-state index is 0.0194. The van der Waals surface area contributed by atoms with E-state index in [2.05, 4.69) is 5.32 Å². The van der Waals surface area contributed by atoms with Crippen molar-refractivity contribution >= 4 is 40.4 Å². The third-order valence-electron chi connectivity index (χ3n) is 6.17. The monoisotopic (exact) mass is 601 g/mol. The summed E-state index contributed by atoms with van der Waals surface area (Å²) in [5.41, 5.74) is 1.45. The van der Waals surface area contributed by atoms with Crippen molar-refractivity contribution in [2.24, 2.45) is 0 Å². The summed E-state index contributed by atoms with van der Waals surface area (Å²) in [6, 6.07) is 5.25. The molecule has 2 atom stereocenters. The Morgan fingerprint density at radius 1 is 1.07 bits per heavy atom. The molecule has 2 fully saturated rings. The third kappa shape index (κ3) is 7.30. The van der Waals surface area contributed by atoms with Crippen LogP contribution in [-0.2, 0) is 25.3 Å². The summed E-state index contributed by atoms with van der Waals surface area (Å²) in [6.07, 6.45) is 0. The Balaban J connectivity index is 1.44. The van der Waals surface area contributed by atoms with Gasteiger partial charge in [0.25, 0.3) is 5.91 Å². The Labute approximate surface area is 235 Å². The number of benzene rings is 2. The number of nitrogens with one attached hydrogen (secondary N) is 2. The summed E-state index contributed by atoms with van der Waals surface area (Å²) in [6.45, 7) is 1.41. The Kier molecular flexibility index (Phi) is 9.99. The molecular formula is C24H26ClF2N5O7S. The highest BCUT2D eigenvalue weighted by molar-refractivity contribution is 7.82. The minimum Gasteiger partial charge on any atom is -0.451 e. The van der Waals surface area contributed by atoms with Crippen LogP contribution in [0.15, 0.2) is 41.3 Å². The summed E-state index contributed by atoms with van der Waals surface area (Å²) < 4.78 is 54.5. The van der Waals surface area contributed by atoms with E-state index in [0.29, 0.717) is 31.3 Å². The average molecular weight is 602 g/mol. The number of carbonyl (C=O) groups excluding carboxylic acids is 3. The fourth-order valence-electron chi connectivity index (χ4n) is 4.13. The quantitative estimate of drug-likeness (QED) is 0.320. The molecule has 0 bridgehead atoms. The minimum atomic E-state index is -2.28. The van der Waals surface area contributed by atoms with E-state index in [1.54, 1.807) is 0 Å². The second-order valence-corrected chi connectivity index (χ2v) is 10.7. The fraction of sp³-hybridized carbons (Fsp3) is 0.375. The summed E-state index contributed by atoms with van der Waals surface area (Å²) in [7, 11) is -2.28. The standard InChI is InChI=1S/C24H26ClF2N5O7S/c25-15-1-3-16(4-2-15)39-22-18(26)11-17(12-19(22)27)40(37)32-6-5-31(13-20(32)23(34)29-36)24(35)28-21(33)14-30-7-9-38-10-8-30/h1-4,11-12,20,36H,5-10,13-14H2,(H,29,34)(H,28,33,35)/t20-,40?/m1/s1. The van der Waals surface area contributed by atoms with E-state index in [9.17, 15) is 32.6 Å². The van der Waals surface area contributed by atoms with Gasteiger partial charge in [-0.3, -0.25) is 25.0 Å². The van der Waals surface area contributed by atoms with E-state index in [0.717, 1.165) is 21.3 Å². The van der Waals surface area contributed by atoms with Gasteiger partial charge in [0, 0.05) is 37.7 Å². The smallest absolute Gasteiger partial charge is 0.324 e. The van der Waals surface area contributed by atoms with Crippen molar-refractivity contribution in [2.45, 2.75) is 10.9 Å². The van der Waals surface area contributed by atoms with Crippen molar-refractivity contribution in [2.75, 3.05) is 52.5 Å². The molecule has 216 valence electrons. The van der Waals surface area contributed by atoms with Crippen LogP contribution in [0.5, 0.6) is 11.5 Å². The SMILES string of the molecule is O=C(CN1CCOCC1)NC(=O)N1CCN(S(=O)c2cc(F)c(Oc3ccc(Cl)cc3)c(F)c2)[C@@H](C(=O)NO)C1. The van der Waals surface area contributed by atoms with Crippen LogP contribution in [0.3, 0.4) is 0 Å². The molecule has 4 rings (SSSR count). The molecule has 0 aliphatic carbocycles. The first-order valence-electron chi connectivity index (χ1n) is 12.1. The van der Waals surface area contributed by atoms with Gasteiger partial charge in [-0.15, -0.1) is 0 Å². The first-order chi connectivity index (χ1) is 19.2. The van der Waals surface area contributed by atoms with Gasteiger partial charge < -0.3 is 14.4 Å². The Morgan fingerprint density at radius 2 is 1.73 bits per heavy atom. The number of piperazine rings is 1. The predicted molar refractivity (Wildman–Crippen MR) is 137 cm³/mol. The molecule has 4 amide bonds. The van der Waals surface area contributed by atoms with Crippen LogP contribution in [0.1, 0.15) is 0 Å². The van der Waals surface area contributed by atoms with Crippen LogP contribution < -0.4 is 15.5 Å². The number of rotatable bonds is 7. The van der Waals surface area contributed by atoms with Crippen molar-refractivity contribution in [3.05, 3.63) is 53.1 Å². The molecule has 40 heavy (non-hydrogen) atoms. The summed E-state index contributed by atoms with van der Waals surface area (Å²) in [5.74, 6) is -4.44. The van der Waals surface area contributed by atoms with Gasteiger partial charge in [-0.2, -0.15) is 0 Å². The van der Waals surface area contributed by atoms with Gasteiger partial charge in [-0.25, -0.2) is 27.6 Å². The molecule has 2 aliphatic heterocycles. The van der Waals surface area contributed by atoms with Crippen molar-refractivity contribution < 1.29 is 42.1 Å². The molecule has 2 saturated heterocycles. The maximum Gasteiger partial charge on any atom is 0.324 e. The highest BCUT2D eigenvalue weighted by Crippen LogP contribution is 2.31. The lowest BCUT2D eigenvalue weighted by Gasteiger charge is -2.38. The molecule has 0 spiro atoms. The van der Waals surface area contributed by atoms with Crippen LogP contribution in [0, 0.1) is 11.6 Å². The number of amides is 4. The van der Waals surface area contributed by atoms with Gasteiger partial charge in [0.1, 0.15) is 22.8 Å². The highest BCUT2D eigenvalue weighted by Gasteiger charge is 2.38. The van der Waals surface area contributed by atoms with E-state index in [4.69, 9.17) is 21.1 Å². The molecule has 2 aliphatic rings. The third-order valence-corrected chi connectivity index (χ3v) is 7.92. The van der Waals surface area contributed by atoms with Crippen LogP contribution >= 0.6 is 11.6 Å². The van der Waals surface area contributed by atoms with Gasteiger partial charge in [0.2, 0.25) is 5.91 Å². The number of nitrogens with zero attached hydrogens (tertiary/aromatic N) is 3. The largest absolute Gasteiger partial charge is 0.451 e. The Bertz CT molecular complexity index is 1260.